The molecule has 1 aromatic heterocycles. The van der Waals surface area contributed by atoms with E-state index in [1.807, 2.05) is 12.2 Å². The molecule has 2 heteroatoms. The molecule has 1 heterocycles. The van der Waals surface area contributed by atoms with Crippen molar-refractivity contribution in [3.63, 3.8) is 0 Å². The first kappa shape index (κ1) is 13.8. The SMILES string of the molecule is C=C/C=C(\C=C)SCc1[nH]c2ccccc2c1CC. The van der Waals surface area contributed by atoms with Gasteiger partial charge in [-0.15, -0.1) is 11.8 Å². The number of fused-ring (bicyclic) bond motifs is 1. The van der Waals surface area contributed by atoms with Crippen molar-refractivity contribution in [3.8, 4) is 0 Å². The maximum atomic E-state index is 3.83. The molecule has 0 fully saturated rings. The molecule has 0 unspecified atom stereocenters. The van der Waals surface area contributed by atoms with Crippen LogP contribution in [0.15, 0.2) is 60.6 Å². The van der Waals surface area contributed by atoms with E-state index in [4.69, 9.17) is 0 Å². The number of nitrogens with one attached hydrogen (secondary N) is 1. The summed E-state index contributed by atoms with van der Waals surface area (Å²) < 4.78 is 0. The van der Waals surface area contributed by atoms with Crippen molar-refractivity contribution in [3.05, 3.63) is 71.8 Å². The lowest BCUT2D eigenvalue weighted by atomic mass is 10.1. The standard InChI is InChI=1S/C17H19NS/c1-4-9-13(5-2)19-12-17-14(6-3)15-10-7-8-11-16(15)18-17/h4-5,7-11,18H,1-2,6,12H2,3H3/b13-9+. The van der Waals surface area contributed by atoms with Gasteiger partial charge in [0, 0.05) is 27.3 Å². The highest BCUT2D eigenvalue weighted by molar-refractivity contribution is 8.02. The summed E-state index contributed by atoms with van der Waals surface area (Å²) in [6.07, 6.45) is 6.72. The van der Waals surface area contributed by atoms with Crippen molar-refractivity contribution < 1.29 is 0 Å². The molecule has 0 aliphatic rings. The summed E-state index contributed by atoms with van der Waals surface area (Å²) in [7, 11) is 0. The molecule has 0 spiro atoms. The molecule has 0 aliphatic carbocycles. The minimum Gasteiger partial charge on any atom is -0.357 e. The summed E-state index contributed by atoms with van der Waals surface area (Å²) in [6.45, 7) is 9.76. The van der Waals surface area contributed by atoms with E-state index in [2.05, 4.69) is 49.3 Å². The molecule has 0 aliphatic heterocycles. The highest BCUT2D eigenvalue weighted by atomic mass is 32.2. The maximum absolute atomic E-state index is 3.83. The fraction of sp³-hybridized carbons (Fsp3) is 0.176. The van der Waals surface area contributed by atoms with Crippen LogP contribution in [0.4, 0.5) is 0 Å². The quantitative estimate of drug-likeness (QED) is 0.711. The van der Waals surface area contributed by atoms with Crippen LogP contribution < -0.4 is 0 Å². The normalized spacial score (nSPS) is 11.7. The summed E-state index contributed by atoms with van der Waals surface area (Å²) in [5.41, 5.74) is 3.96. The number of hydrogen-bond acceptors (Lipinski definition) is 1. The van der Waals surface area contributed by atoms with E-state index in [-0.39, 0.29) is 0 Å². The molecule has 98 valence electrons. The summed E-state index contributed by atoms with van der Waals surface area (Å²) in [5, 5.41) is 1.34. The van der Waals surface area contributed by atoms with Crippen molar-refractivity contribution >= 4 is 22.7 Å². The topological polar surface area (TPSA) is 15.8 Å². The maximum Gasteiger partial charge on any atom is 0.0459 e. The Hall–Kier alpha value is -1.67. The van der Waals surface area contributed by atoms with Gasteiger partial charge in [-0.3, -0.25) is 0 Å². The Balaban J connectivity index is 2.27. The van der Waals surface area contributed by atoms with Crippen LogP contribution in [0, 0.1) is 0 Å². The second-order valence-corrected chi connectivity index (χ2v) is 5.33. The molecule has 1 N–H and O–H groups in total. The van der Waals surface area contributed by atoms with Crippen molar-refractivity contribution in [2.45, 2.75) is 19.1 Å². The predicted octanol–water partition coefficient (Wildman–Crippen LogP) is 5.22. The summed E-state index contributed by atoms with van der Waals surface area (Å²) in [5.74, 6) is 0.934. The lowest BCUT2D eigenvalue weighted by Crippen LogP contribution is -1.88. The molecule has 0 saturated carbocycles. The molecule has 19 heavy (non-hydrogen) atoms. The van der Waals surface area contributed by atoms with Crippen LogP contribution in [0.25, 0.3) is 10.9 Å². The molecule has 2 aromatic rings. The monoisotopic (exact) mass is 269 g/mol. The van der Waals surface area contributed by atoms with Gasteiger partial charge in [-0.2, -0.15) is 0 Å². The van der Waals surface area contributed by atoms with Gasteiger partial charge in [0.25, 0.3) is 0 Å². The Bertz CT molecular complexity index is 619. The fourth-order valence-corrected chi connectivity index (χ4v) is 3.10. The highest BCUT2D eigenvalue weighted by Crippen LogP contribution is 2.28. The molecule has 1 nitrogen and oxygen atoms in total. The molecule has 0 atom stereocenters. The minimum atomic E-state index is 0.934. The Morgan fingerprint density at radius 2 is 2.11 bits per heavy atom. The minimum absolute atomic E-state index is 0.934. The first-order chi connectivity index (χ1) is 9.30. The third kappa shape index (κ3) is 3.02. The molecular weight excluding hydrogens is 250 g/mol. The molecule has 2 rings (SSSR count). The van der Waals surface area contributed by atoms with Crippen LogP contribution in [0.5, 0.6) is 0 Å². The number of benzene rings is 1. The van der Waals surface area contributed by atoms with Crippen LogP contribution in [0.2, 0.25) is 0 Å². The molecule has 0 amide bonds. The van der Waals surface area contributed by atoms with Gasteiger partial charge in [-0.05, 0) is 24.1 Å². The van der Waals surface area contributed by atoms with E-state index in [0.717, 1.165) is 17.1 Å². The lowest BCUT2D eigenvalue weighted by Gasteiger charge is -2.03. The lowest BCUT2D eigenvalue weighted by molar-refractivity contribution is 1.10. The molecular formula is C17H19NS. The van der Waals surface area contributed by atoms with E-state index >= 15 is 0 Å². The van der Waals surface area contributed by atoms with E-state index in [0.29, 0.717) is 0 Å². The van der Waals surface area contributed by atoms with Crippen LogP contribution in [0.1, 0.15) is 18.2 Å². The number of allylic oxidation sites excluding steroid dienone is 3. The van der Waals surface area contributed by atoms with E-state index < -0.39 is 0 Å². The van der Waals surface area contributed by atoms with E-state index in [1.54, 1.807) is 17.8 Å². The van der Waals surface area contributed by atoms with Crippen molar-refractivity contribution in [2.75, 3.05) is 0 Å². The summed E-state index contributed by atoms with van der Waals surface area (Å²) >= 11 is 1.78. The molecule has 0 bridgehead atoms. The number of aryl methyl sites for hydroxylation is 1. The van der Waals surface area contributed by atoms with Gasteiger partial charge in [0.15, 0.2) is 0 Å². The van der Waals surface area contributed by atoms with Crippen molar-refractivity contribution in [2.24, 2.45) is 0 Å². The second kappa shape index (κ2) is 6.48. The number of rotatable bonds is 6. The summed E-state index contributed by atoms with van der Waals surface area (Å²) in [4.78, 5) is 4.68. The van der Waals surface area contributed by atoms with Gasteiger partial charge in [-0.1, -0.05) is 50.4 Å². The van der Waals surface area contributed by atoms with Crippen LogP contribution in [-0.2, 0) is 12.2 Å². The smallest absolute Gasteiger partial charge is 0.0459 e. The Labute approximate surface area is 119 Å². The third-order valence-electron chi connectivity index (χ3n) is 3.12. The Kier molecular flexibility index (Phi) is 4.69. The van der Waals surface area contributed by atoms with Crippen LogP contribution in [-0.4, -0.2) is 4.98 Å². The molecule has 0 radical (unpaired) electrons. The highest BCUT2D eigenvalue weighted by Gasteiger charge is 2.09. The zero-order valence-electron chi connectivity index (χ0n) is 11.3. The Morgan fingerprint density at radius 3 is 2.79 bits per heavy atom. The predicted molar refractivity (Wildman–Crippen MR) is 87.4 cm³/mol. The zero-order valence-corrected chi connectivity index (χ0v) is 12.1. The van der Waals surface area contributed by atoms with Crippen LogP contribution >= 0.6 is 11.8 Å². The number of thioether (sulfide) groups is 1. The third-order valence-corrected chi connectivity index (χ3v) is 4.19. The van der Waals surface area contributed by atoms with Crippen LogP contribution in [0.3, 0.4) is 0 Å². The first-order valence-electron chi connectivity index (χ1n) is 6.46. The van der Waals surface area contributed by atoms with Gasteiger partial charge in [0.1, 0.15) is 0 Å². The van der Waals surface area contributed by atoms with Gasteiger partial charge in [-0.25, -0.2) is 0 Å². The largest absolute Gasteiger partial charge is 0.357 e. The average molecular weight is 269 g/mol. The number of aromatic amines is 1. The number of H-pyrrole nitrogens is 1. The molecule has 0 saturated heterocycles. The van der Waals surface area contributed by atoms with Gasteiger partial charge >= 0.3 is 0 Å². The van der Waals surface area contributed by atoms with Crippen molar-refractivity contribution in [1.29, 1.82) is 0 Å². The summed E-state index contributed by atoms with van der Waals surface area (Å²) in [6, 6.07) is 8.49. The van der Waals surface area contributed by atoms with Gasteiger partial charge in [0.05, 0.1) is 0 Å². The van der Waals surface area contributed by atoms with E-state index in [1.165, 1.54) is 22.2 Å². The van der Waals surface area contributed by atoms with Gasteiger partial charge in [0.2, 0.25) is 0 Å². The first-order valence-corrected chi connectivity index (χ1v) is 7.45. The van der Waals surface area contributed by atoms with Gasteiger partial charge < -0.3 is 4.98 Å². The van der Waals surface area contributed by atoms with E-state index in [9.17, 15) is 0 Å². The number of aromatic nitrogens is 1. The second-order valence-electron chi connectivity index (χ2n) is 4.28. The Morgan fingerprint density at radius 1 is 1.32 bits per heavy atom. The van der Waals surface area contributed by atoms with Crippen molar-refractivity contribution in [1.82, 2.24) is 4.98 Å². The average Bonchev–Trinajstić information content (AvgIpc) is 2.80. The number of hydrogen-bond donors (Lipinski definition) is 1. The zero-order chi connectivity index (χ0) is 13.7. The number of para-hydroxylation sites is 1. The fourth-order valence-electron chi connectivity index (χ4n) is 2.23. The molecule has 1 aromatic carbocycles.